The number of carbonyl (C=O) groups excluding carboxylic acids is 1. The van der Waals surface area contributed by atoms with Gasteiger partial charge in [0.15, 0.2) is 6.23 Å². The molecule has 1 rings (SSSR count). The summed E-state index contributed by atoms with van der Waals surface area (Å²) in [6.07, 6.45) is -5.37. The first-order valence-electron chi connectivity index (χ1n) is 4.40. The van der Waals surface area contributed by atoms with Crippen LogP contribution in [0.15, 0.2) is 0 Å². The minimum absolute atomic E-state index is 0.371. The molecule has 5 atom stereocenters. The van der Waals surface area contributed by atoms with E-state index in [4.69, 9.17) is 4.74 Å². The van der Waals surface area contributed by atoms with Crippen LogP contribution in [0.4, 0.5) is 0 Å². The fourth-order valence-electron chi connectivity index (χ4n) is 1.37. The van der Waals surface area contributed by atoms with Gasteiger partial charge in [-0.1, -0.05) is 0 Å². The van der Waals surface area contributed by atoms with E-state index in [1.165, 1.54) is 6.92 Å². The highest BCUT2D eigenvalue weighted by Crippen LogP contribution is 2.19. The number of hydrogen-bond acceptors (Lipinski definition) is 5. The van der Waals surface area contributed by atoms with Crippen molar-refractivity contribution in [3.8, 4) is 0 Å². The lowest BCUT2D eigenvalue weighted by atomic mass is 9.99. The van der Waals surface area contributed by atoms with Crippen LogP contribution in [0.2, 0.25) is 0 Å². The van der Waals surface area contributed by atoms with Crippen LogP contribution in [0.3, 0.4) is 0 Å². The number of nitrogens with one attached hydrogen (secondary N) is 1. The molecule has 1 amide bonds. The summed E-state index contributed by atoms with van der Waals surface area (Å²) < 4.78 is 5.10. The summed E-state index contributed by atoms with van der Waals surface area (Å²) in [4.78, 5) is 10.7. The number of ether oxygens (including phenoxy) is 1. The summed E-state index contributed by atoms with van der Waals surface area (Å²) in [6.45, 7) is 2.83. The monoisotopic (exact) mass is 205 g/mol. The number of hydrogen-bond donors (Lipinski definition) is 4. The lowest BCUT2D eigenvalue weighted by Gasteiger charge is -2.39. The minimum atomic E-state index is -1.31. The Morgan fingerprint density at radius 3 is 2.29 bits per heavy atom. The average molecular weight is 205 g/mol. The van der Waals surface area contributed by atoms with E-state index in [0.29, 0.717) is 0 Å². The predicted octanol–water partition coefficient (Wildman–Crippen LogP) is -2.05. The summed E-state index contributed by atoms with van der Waals surface area (Å²) in [5.41, 5.74) is 0. The highest BCUT2D eigenvalue weighted by atomic mass is 16.5. The molecule has 1 aliphatic rings. The number of carbonyl (C=O) groups is 1. The first kappa shape index (κ1) is 11.4. The number of aliphatic hydroxyl groups excluding tert-OH is 3. The molecule has 4 N–H and O–H groups in total. The summed E-state index contributed by atoms with van der Waals surface area (Å²) in [5.74, 6) is -0.371. The Labute approximate surface area is 81.5 Å². The van der Waals surface area contributed by atoms with Crippen molar-refractivity contribution in [1.82, 2.24) is 5.32 Å². The van der Waals surface area contributed by atoms with Crippen molar-refractivity contribution in [1.29, 1.82) is 0 Å². The third-order valence-electron chi connectivity index (χ3n) is 2.20. The molecule has 0 aliphatic carbocycles. The van der Waals surface area contributed by atoms with Gasteiger partial charge in [-0.3, -0.25) is 4.79 Å². The topological polar surface area (TPSA) is 99.0 Å². The molecule has 1 aliphatic heterocycles. The SMILES string of the molecule is CC(=O)NC1O[C@@H](C)[C@H](O)[C@@H](O)[C@H]1O. The summed E-state index contributed by atoms with van der Waals surface area (Å²) in [7, 11) is 0. The van der Waals surface area contributed by atoms with Crippen molar-refractivity contribution in [3.05, 3.63) is 0 Å². The van der Waals surface area contributed by atoms with Crippen LogP contribution in [-0.2, 0) is 9.53 Å². The van der Waals surface area contributed by atoms with E-state index >= 15 is 0 Å². The Bertz CT molecular complexity index is 222. The average Bonchev–Trinajstić information content (AvgIpc) is 2.10. The van der Waals surface area contributed by atoms with Gasteiger partial charge >= 0.3 is 0 Å². The molecule has 6 heteroatoms. The first-order valence-corrected chi connectivity index (χ1v) is 4.40. The van der Waals surface area contributed by atoms with Crippen LogP contribution in [0.25, 0.3) is 0 Å². The summed E-state index contributed by atoms with van der Waals surface area (Å²) in [5, 5.41) is 30.4. The van der Waals surface area contributed by atoms with E-state index in [-0.39, 0.29) is 5.91 Å². The molecule has 14 heavy (non-hydrogen) atoms. The molecule has 1 unspecified atom stereocenters. The van der Waals surface area contributed by atoms with Gasteiger partial charge in [-0.25, -0.2) is 0 Å². The van der Waals surface area contributed by atoms with Gasteiger partial charge in [0, 0.05) is 6.92 Å². The fraction of sp³-hybridized carbons (Fsp3) is 0.875. The zero-order valence-corrected chi connectivity index (χ0v) is 8.04. The van der Waals surface area contributed by atoms with Crippen LogP contribution in [0.1, 0.15) is 13.8 Å². The Balaban J connectivity index is 2.65. The largest absolute Gasteiger partial charge is 0.388 e. The maximum Gasteiger partial charge on any atom is 0.218 e. The molecule has 82 valence electrons. The van der Waals surface area contributed by atoms with Crippen molar-refractivity contribution in [2.75, 3.05) is 0 Å². The van der Waals surface area contributed by atoms with Crippen LogP contribution in [-0.4, -0.2) is 51.9 Å². The highest BCUT2D eigenvalue weighted by molar-refractivity contribution is 5.73. The first-order chi connectivity index (χ1) is 6.43. The number of amides is 1. The molecule has 1 heterocycles. The smallest absolute Gasteiger partial charge is 0.218 e. The van der Waals surface area contributed by atoms with Gasteiger partial charge in [-0.15, -0.1) is 0 Å². The molecule has 0 bridgehead atoms. The summed E-state index contributed by atoms with van der Waals surface area (Å²) >= 11 is 0. The van der Waals surface area contributed by atoms with Crippen molar-refractivity contribution in [2.45, 2.75) is 44.5 Å². The van der Waals surface area contributed by atoms with Crippen LogP contribution in [0.5, 0.6) is 0 Å². The van der Waals surface area contributed by atoms with Gasteiger partial charge in [0.05, 0.1) is 6.10 Å². The van der Waals surface area contributed by atoms with Crippen molar-refractivity contribution in [2.24, 2.45) is 0 Å². The molecule has 1 saturated heterocycles. The van der Waals surface area contributed by atoms with Crippen molar-refractivity contribution >= 4 is 5.91 Å². The van der Waals surface area contributed by atoms with Crippen molar-refractivity contribution < 1.29 is 24.9 Å². The number of aliphatic hydroxyl groups is 3. The third-order valence-corrected chi connectivity index (χ3v) is 2.20. The molecular weight excluding hydrogens is 190 g/mol. The molecule has 0 aromatic rings. The second kappa shape index (κ2) is 4.22. The molecule has 1 fully saturated rings. The van der Waals surface area contributed by atoms with Gasteiger partial charge in [-0.2, -0.15) is 0 Å². The Morgan fingerprint density at radius 1 is 1.21 bits per heavy atom. The molecule has 0 aromatic carbocycles. The highest BCUT2D eigenvalue weighted by Gasteiger charge is 2.41. The van der Waals surface area contributed by atoms with E-state index in [1.807, 2.05) is 0 Å². The Morgan fingerprint density at radius 2 is 1.79 bits per heavy atom. The predicted molar refractivity (Wildman–Crippen MR) is 46.2 cm³/mol. The lowest BCUT2D eigenvalue weighted by molar-refractivity contribution is -0.224. The third kappa shape index (κ3) is 2.21. The minimum Gasteiger partial charge on any atom is -0.388 e. The second-order valence-corrected chi connectivity index (χ2v) is 3.43. The molecule has 6 nitrogen and oxygen atoms in total. The summed E-state index contributed by atoms with van der Waals surface area (Å²) in [6, 6.07) is 0. The zero-order chi connectivity index (χ0) is 10.9. The molecular formula is C8H15NO5. The second-order valence-electron chi connectivity index (χ2n) is 3.43. The van der Waals surface area contributed by atoms with Gasteiger partial charge in [0.1, 0.15) is 18.3 Å². The van der Waals surface area contributed by atoms with Gasteiger partial charge in [-0.05, 0) is 6.92 Å². The van der Waals surface area contributed by atoms with Crippen LogP contribution < -0.4 is 5.32 Å². The van der Waals surface area contributed by atoms with Gasteiger partial charge < -0.3 is 25.4 Å². The van der Waals surface area contributed by atoms with Gasteiger partial charge in [0.2, 0.25) is 5.91 Å². The van der Waals surface area contributed by atoms with E-state index in [2.05, 4.69) is 5.32 Å². The number of rotatable bonds is 1. The molecule has 0 spiro atoms. The Kier molecular flexibility index (Phi) is 3.43. The van der Waals surface area contributed by atoms with Gasteiger partial charge in [0.25, 0.3) is 0 Å². The maximum absolute atomic E-state index is 10.7. The fourth-order valence-corrected chi connectivity index (χ4v) is 1.37. The van der Waals surface area contributed by atoms with E-state index in [1.54, 1.807) is 6.92 Å². The van der Waals surface area contributed by atoms with E-state index < -0.39 is 30.6 Å². The lowest BCUT2D eigenvalue weighted by Crippen LogP contribution is -2.61. The normalized spacial score (nSPS) is 43.4. The molecule has 0 radical (unpaired) electrons. The standard InChI is InChI=1S/C8H15NO5/c1-3-5(11)6(12)7(13)8(14-3)9-4(2)10/h3,5-8,11-13H,1-2H3,(H,9,10)/t3-,5-,6+,7+,8?/m0/s1. The quantitative estimate of drug-likeness (QED) is 0.395. The molecule has 0 aromatic heterocycles. The Hall–Kier alpha value is -0.690. The van der Waals surface area contributed by atoms with Crippen LogP contribution >= 0.6 is 0 Å². The van der Waals surface area contributed by atoms with E-state index in [0.717, 1.165) is 0 Å². The zero-order valence-electron chi connectivity index (χ0n) is 8.04. The molecule has 0 saturated carbocycles. The van der Waals surface area contributed by atoms with E-state index in [9.17, 15) is 20.1 Å². The van der Waals surface area contributed by atoms with Crippen LogP contribution in [0, 0.1) is 0 Å². The maximum atomic E-state index is 10.7. The van der Waals surface area contributed by atoms with Crippen molar-refractivity contribution in [3.63, 3.8) is 0 Å².